The standard InChI is InChI=1S/C23H36N6O5S/c1-14-8-10-29(18(12-14)22(31)32)21(30)17(6-4-9-26-23(24)25)28-35(33,34)19-7-3-5-16-11-15(2)13-27-20(16)19/h3,5,7,14-15,17-18,27-28H,4,6,8-13H2,1-2H3,(H,31,32)(H4,24,25,26)/t14-,15?,17?,18-/m0/s1. The number of amides is 1. The Bertz CT molecular complexity index is 1070. The van der Waals surface area contributed by atoms with Gasteiger partial charge in [-0.1, -0.05) is 26.0 Å². The maximum atomic E-state index is 13.5. The van der Waals surface area contributed by atoms with Crippen LogP contribution in [0.3, 0.4) is 0 Å². The topological polar surface area (TPSA) is 180 Å². The Hall–Kier alpha value is -2.86. The smallest absolute Gasteiger partial charge is 0.326 e. The minimum absolute atomic E-state index is 0.0750. The molecule has 11 nitrogen and oxygen atoms in total. The molecule has 0 bridgehead atoms. The monoisotopic (exact) mass is 508 g/mol. The molecule has 1 saturated heterocycles. The van der Waals surface area contributed by atoms with Gasteiger partial charge in [0.15, 0.2) is 5.96 Å². The van der Waals surface area contributed by atoms with E-state index in [0.29, 0.717) is 37.4 Å². The number of aliphatic imine (C=N–C) groups is 1. The molecule has 12 heteroatoms. The highest BCUT2D eigenvalue weighted by Crippen LogP contribution is 2.31. The molecule has 0 radical (unpaired) electrons. The molecule has 194 valence electrons. The second-order valence-corrected chi connectivity index (χ2v) is 11.3. The number of para-hydroxylation sites is 1. The minimum Gasteiger partial charge on any atom is -0.480 e. The van der Waals surface area contributed by atoms with E-state index < -0.39 is 34.0 Å². The van der Waals surface area contributed by atoms with Gasteiger partial charge >= 0.3 is 5.97 Å². The molecule has 0 aromatic heterocycles. The quantitative estimate of drug-likeness (QED) is 0.184. The molecule has 2 aliphatic heterocycles. The summed E-state index contributed by atoms with van der Waals surface area (Å²) in [7, 11) is -4.10. The van der Waals surface area contributed by atoms with Crippen LogP contribution in [0.1, 0.15) is 45.1 Å². The lowest BCUT2D eigenvalue weighted by Gasteiger charge is -2.38. The molecule has 35 heavy (non-hydrogen) atoms. The van der Waals surface area contributed by atoms with Crippen molar-refractivity contribution in [3.8, 4) is 0 Å². The molecule has 7 N–H and O–H groups in total. The third-order valence-electron chi connectivity index (χ3n) is 6.57. The molecule has 1 aromatic rings. The number of anilines is 1. The molecular weight excluding hydrogens is 472 g/mol. The molecule has 0 saturated carbocycles. The van der Waals surface area contributed by atoms with Crippen molar-refractivity contribution < 1.29 is 23.1 Å². The number of hydrogen-bond donors (Lipinski definition) is 5. The summed E-state index contributed by atoms with van der Waals surface area (Å²) < 4.78 is 29.5. The Morgan fingerprint density at radius 3 is 2.71 bits per heavy atom. The van der Waals surface area contributed by atoms with Crippen LogP contribution in [0, 0.1) is 11.8 Å². The second-order valence-electron chi connectivity index (χ2n) is 9.62. The summed E-state index contributed by atoms with van der Waals surface area (Å²) in [6.45, 7) is 5.14. The van der Waals surface area contributed by atoms with E-state index >= 15 is 0 Å². The maximum absolute atomic E-state index is 13.5. The molecule has 4 atom stereocenters. The average molecular weight is 509 g/mol. The van der Waals surface area contributed by atoms with Crippen LogP contribution in [0.5, 0.6) is 0 Å². The Labute approximate surface area is 206 Å². The van der Waals surface area contributed by atoms with Crippen molar-refractivity contribution in [1.29, 1.82) is 0 Å². The highest BCUT2D eigenvalue weighted by molar-refractivity contribution is 7.89. The second kappa shape index (κ2) is 11.3. The zero-order chi connectivity index (χ0) is 25.8. The first-order valence-electron chi connectivity index (χ1n) is 12.0. The van der Waals surface area contributed by atoms with Gasteiger partial charge in [0.2, 0.25) is 15.9 Å². The Kier molecular flexibility index (Phi) is 8.60. The number of nitrogens with two attached hydrogens (primary N) is 2. The van der Waals surface area contributed by atoms with Gasteiger partial charge in [0.05, 0.1) is 5.69 Å². The third kappa shape index (κ3) is 6.63. The van der Waals surface area contributed by atoms with Crippen molar-refractivity contribution in [2.45, 2.75) is 62.9 Å². The number of carboxylic acids is 1. The van der Waals surface area contributed by atoms with Crippen LogP contribution in [0.25, 0.3) is 0 Å². The lowest BCUT2D eigenvalue weighted by atomic mass is 9.91. The predicted octanol–water partition coefficient (Wildman–Crippen LogP) is 0.703. The Morgan fingerprint density at radius 1 is 1.29 bits per heavy atom. The van der Waals surface area contributed by atoms with E-state index in [1.165, 1.54) is 11.0 Å². The maximum Gasteiger partial charge on any atom is 0.326 e. The van der Waals surface area contributed by atoms with Gasteiger partial charge in [-0.25, -0.2) is 13.2 Å². The van der Waals surface area contributed by atoms with Crippen molar-refractivity contribution in [3.63, 3.8) is 0 Å². The number of guanidine groups is 1. The van der Waals surface area contributed by atoms with Gasteiger partial charge in [-0.3, -0.25) is 9.79 Å². The summed E-state index contributed by atoms with van der Waals surface area (Å²) in [5.41, 5.74) is 12.2. The first-order chi connectivity index (χ1) is 16.5. The predicted molar refractivity (Wildman–Crippen MR) is 133 cm³/mol. The van der Waals surface area contributed by atoms with Crippen LogP contribution in [-0.2, 0) is 26.0 Å². The van der Waals surface area contributed by atoms with Crippen LogP contribution in [0.15, 0.2) is 28.1 Å². The number of carboxylic acid groups (broad SMARTS) is 1. The van der Waals surface area contributed by atoms with E-state index in [1.807, 2.05) is 13.0 Å². The van der Waals surface area contributed by atoms with Crippen LogP contribution >= 0.6 is 0 Å². The first kappa shape index (κ1) is 26.7. The summed E-state index contributed by atoms with van der Waals surface area (Å²) >= 11 is 0. The van der Waals surface area contributed by atoms with Gasteiger partial charge in [-0.2, -0.15) is 4.72 Å². The van der Waals surface area contributed by atoms with Crippen LogP contribution < -0.4 is 21.5 Å². The normalized spacial score (nSPS) is 23.0. The van der Waals surface area contributed by atoms with E-state index in [1.54, 1.807) is 6.07 Å². The zero-order valence-electron chi connectivity index (χ0n) is 20.2. The lowest BCUT2D eigenvalue weighted by molar-refractivity contribution is -0.153. The number of hydrogen-bond acceptors (Lipinski definition) is 6. The molecule has 2 unspecified atom stereocenters. The third-order valence-corrected chi connectivity index (χ3v) is 8.09. The number of nitrogens with zero attached hydrogens (tertiary/aromatic N) is 2. The van der Waals surface area contributed by atoms with E-state index in [9.17, 15) is 23.1 Å². The van der Waals surface area contributed by atoms with E-state index in [-0.39, 0.29) is 36.3 Å². The number of piperidine rings is 1. The number of carbonyl (C=O) groups is 2. The van der Waals surface area contributed by atoms with E-state index in [4.69, 9.17) is 11.5 Å². The molecule has 1 fully saturated rings. The largest absolute Gasteiger partial charge is 0.480 e. The summed E-state index contributed by atoms with van der Waals surface area (Å²) in [5.74, 6) is -1.22. The highest BCUT2D eigenvalue weighted by atomic mass is 32.2. The molecule has 2 aliphatic rings. The number of sulfonamides is 1. The van der Waals surface area contributed by atoms with Crippen LogP contribution in [-0.4, -0.2) is 68.0 Å². The molecule has 1 amide bonds. The van der Waals surface area contributed by atoms with Gasteiger partial charge in [0, 0.05) is 19.6 Å². The Balaban J connectivity index is 1.88. The SMILES string of the molecule is CC1CNc2c(cccc2S(=O)(=O)NC(CCCN=C(N)N)C(=O)N2CC[C@H](C)C[C@H]2C(=O)O)C1. The fourth-order valence-corrected chi connectivity index (χ4v) is 6.17. The first-order valence-corrected chi connectivity index (χ1v) is 13.4. The molecule has 3 rings (SSSR count). The van der Waals surface area contributed by atoms with Crippen molar-refractivity contribution in [3.05, 3.63) is 23.8 Å². The van der Waals surface area contributed by atoms with Gasteiger partial charge < -0.3 is 26.8 Å². The number of carbonyl (C=O) groups excluding carboxylic acids is 1. The number of likely N-dealkylation sites (tertiary alicyclic amines) is 1. The van der Waals surface area contributed by atoms with Crippen LogP contribution in [0.2, 0.25) is 0 Å². The molecule has 0 aliphatic carbocycles. The summed E-state index contributed by atoms with van der Waals surface area (Å²) in [6.07, 6.45) is 2.17. The Morgan fingerprint density at radius 2 is 2.03 bits per heavy atom. The number of nitrogens with one attached hydrogen (secondary N) is 2. The van der Waals surface area contributed by atoms with E-state index in [2.05, 4.69) is 22.0 Å². The van der Waals surface area contributed by atoms with Crippen molar-refractivity contribution in [2.75, 3.05) is 25.0 Å². The van der Waals surface area contributed by atoms with E-state index in [0.717, 1.165) is 12.0 Å². The molecule has 0 spiro atoms. The van der Waals surface area contributed by atoms with Crippen molar-refractivity contribution in [1.82, 2.24) is 9.62 Å². The highest BCUT2D eigenvalue weighted by Gasteiger charge is 2.39. The molecule has 2 heterocycles. The fraction of sp³-hybridized carbons (Fsp3) is 0.609. The van der Waals surface area contributed by atoms with Gasteiger partial charge in [-0.05, 0) is 55.6 Å². The number of fused-ring (bicyclic) bond motifs is 1. The number of rotatable bonds is 9. The number of aliphatic carboxylic acids is 1. The van der Waals surface area contributed by atoms with Crippen molar-refractivity contribution in [2.24, 2.45) is 28.3 Å². The van der Waals surface area contributed by atoms with Crippen molar-refractivity contribution >= 4 is 33.5 Å². The van der Waals surface area contributed by atoms with Gasteiger partial charge in [-0.15, -0.1) is 0 Å². The average Bonchev–Trinajstić information content (AvgIpc) is 2.79. The van der Waals surface area contributed by atoms with Crippen LogP contribution in [0.4, 0.5) is 5.69 Å². The zero-order valence-corrected chi connectivity index (χ0v) is 21.1. The minimum atomic E-state index is -4.10. The number of benzene rings is 1. The molecular formula is C23H36N6O5S. The lowest BCUT2D eigenvalue weighted by Crippen LogP contribution is -2.56. The molecule has 1 aromatic carbocycles. The fourth-order valence-electron chi connectivity index (χ4n) is 4.72. The van der Waals surface area contributed by atoms with Gasteiger partial charge in [0.1, 0.15) is 17.0 Å². The summed E-state index contributed by atoms with van der Waals surface area (Å²) in [6, 6.07) is 2.94. The summed E-state index contributed by atoms with van der Waals surface area (Å²) in [5, 5.41) is 12.9. The van der Waals surface area contributed by atoms with Gasteiger partial charge in [0.25, 0.3) is 0 Å². The summed E-state index contributed by atoms with van der Waals surface area (Å²) in [4.78, 5) is 30.7.